The minimum absolute atomic E-state index is 0.426. The predicted molar refractivity (Wildman–Crippen MR) is 95.8 cm³/mol. The summed E-state index contributed by atoms with van der Waals surface area (Å²) in [4.78, 5) is 15.3. The van der Waals surface area contributed by atoms with E-state index in [9.17, 15) is 0 Å². The van der Waals surface area contributed by atoms with Crippen LogP contribution in [0, 0.1) is 6.92 Å². The van der Waals surface area contributed by atoms with E-state index in [-0.39, 0.29) is 0 Å². The van der Waals surface area contributed by atoms with Gasteiger partial charge < -0.3 is 9.55 Å². The van der Waals surface area contributed by atoms with Crippen LogP contribution < -0.4 is 0 Å². The van der Waals surface area contributed by atoms with Gasteiger partial charge in [-0.1, -0.05) is 18.6 Å². The summed E-state index contributed by atoms with van der Waals surface area (Å²) in [5.41, 5.74) is 2.22. The van der Waals surface area contributed by atoms with E-state index in [0.717, 1.165) is 42.2 Å². The van der Waals surface area contributed by atoms with Gasteiger partial charge in [0.05, 0.1) is 17.1 Å². The fourth-order valence-corrected chi connectivity index (χ4v) is 3.78. The Labute approximate surface area is 142 Å². The average Bonchev–Trinajstić information content (AvgIpc) is 3.21. The number of piperidine rings is 1. The third-order valence-electron chi connectivity index (χ3n) is 5.10. The van der Waals surface area contributed by atoms with Gasteiger partial charge >= 0.3 is 0 Å². The van der Waals surface area contributed by atoms with E-state index >= 15 is 0 Å². The SMILES string of the molecule is Cc1nccn1CCCN1CCCC[C@@H]1c1nc2ccccc2[nH]1. The van der Waals surface area contributed by atoms with Crippen molar-refractivity contribution in [2.75, 3.05) is 13.1 Å². The van der Waals surface area contributed by atoms with Crippen molar-refractivity contribution in [3.63, 3.8) is 0 Å². The molecular weight excluding hydrogens is 298 g/mol. The lowest BCUT2D eigenvalue weighted by molar-refractivity contribution is 0.139. The van der Waals surface area contributed by atoms with Crippen molar-refractivity contribution < 1.29 is 0 Å². The van der Waals surface area contributed by atoms with Gasteiger partial charge in [-0.25, -0.2) is 9.97 Å². The first-order valence-corrected chi connectivity index (χ1v) is 8.98. The lowest BCUT2D eigenvalue weighted by Gasteiger charge is -2.34. The van der Waals surface area contributed by atoms with Gasteiger partial charge in [0.15, 0.2) is 0 Å². The van der Waals surface area contributed by atoms with Crippen molar-refractivity contribution in [3.05, 3.63) is 48.3 Å². The summed E-state index contributed by atoms with van der Waals surface area (Å²) in [5.74, 6) is 2.23. The maximum Gasteiger partial charge on any atom is 0.124 e. The molecule has 1 N–H and O–H groups in total. The van der Waals surface area contributed by atoms with E-state index in [1.54, 1.807) is 0 Å². The van der Waals surface area contributed by atoms with Crippen LogP contribution in [0.1, 0.15) is 43.4 Å². The highest BCUT2D eigenvalue weighted by Crippen LogP contribution is 2.30. The third kappa shape index (κ3) is 3.08. The summed E-state index contributed by atoms with van der Waals surface area (Å²) < 4.78 is 2.24. The van der Waals surface area contributed by atoms with E-state index in [2.05, 4.69) is 56.8 Å². The fraction of sp³-hybridized carbons (Fsp3) is 0.474. The Morgan fingerprint density at radius 1 is 1.21 bits per heavy atom. The summed E-state index contributed by atoms with van der Waals surface area (Å²) in [6, 6.07) is 8.75. The highest BCUT2D eigenvalue weighted by Gasteiger charge is 2.26. The van der Waals surface area contributed by atoms with Gasteiger partial charge in [0, 0.05) is 25.5 Å². The first kappa shape index (κ1) is 15.4. The van der Waals surface area contributed by atoms with E-state index < -0.39 is 0 Å². The molecule has 0 aliphatic carbocycles. The molecule has 1 aliphatic heterocycles. The van der Waals surface area contributed by atoms with Crippen molar-refractivity contribution in [1.82, 2.24) is 24.4 Å². The quantitative estimate of drug-likeness (QED) is 0.779. The van der Waals surface area contributed by atoms with E-state index in [4.69, 9.17) is 4.98 Å². The molecule has 1 fully saturated rings. The zero-order valence-corrected chi connectivity index (χ0v) is 14.3. The number of aromatic nitrogens is 4. The Hall–Kier alpha value is -2.14. The van der Waals surface area contributed by atoms with Crippen molar-refractivity contribution >= 4 is 11.0 Å². The number of aryl methyl sites for hydroxylation is 2. The lowest BCUT2D eigenvalue weighted by atomic mass is 10.0. The molecule has 1 saturated heterocycles. The molecule has 24 heavy (non-hydrogen) atoms. The van der Waals surface area contributed by atoms with E-state index in [1.807, 2.05) is 6.20 Å². The number of hydrogen-bond acceptors (Lipinski definition) is 3. The van der Waals surface area contributed by atoms with Gasteiger partial charge in [-0.05, 0) is 44.9 Å². The topological polar surface area (TPSA) is 49.7 Å². The van der Waals surface area contributed by atoms with Crippen LogP contribution in [0.15, 0.2) is 36.7 Å². The van der Waals surface area contributed by atoms with Crippen molar-refractivity contribution in [1.29, 1.82) is 0 Å². The highest BCUT2D eigenvalue weighted by molar-refractivity contribution is 5.74. The molecule has 0 spiro atoms. The van der Waals surface area contributed by atoms with Gasteiger partial charge in [-0.2, -0.15) is 0 Å². The van der Waals surface area contributed by atoms with Gasteiger partial charge in [-0.3, -0.25) is 4.90 Å². The molecular formula is C19H25N5. The molecule has 5 nitrogen and oxygen atoms in total. The van der Waals surface area contributed by atoms with Crippen molar-refractivity contribution in [3.8, 4) is 0 Å². The van der Waals surface area contributed by atoms with Crippen LogP contribution in [0.5, 0.6) is 0 Å². The number of rotatable bonds is 5. The number of aromatic amines is 1. The van der Waals surface area contributed by atoms with Crippen LogP contribution in [0.4, 0.5) is 0 Å². The smallest absolute Gasteiger partial charge is 0.124 e. The van der Waals surface area contributed by atoms with E-state index in [1.165, 1.54) is 25.8 Å². The molecule has 1 aliphatic rings. The monoisotopic (exact) mass is 323 g/mol. The van der Waals surface area contributed by atoms with Gasteiger partial charge in [0.2, 0.25) is 0 Å². The standard InChI is InChI=1S/C19H25N5/c1-15-20-10-14-23(15)12-6-13-24-11-5-4-9-18(24)19-21-16-7-2-3-8-17(16)22-19/h2-3,7-8,10,14,18H,4-6,9,11-13H2,1H3,(H,21,22)/t18-/m1/s1. The number of likely N-dealkylation sites (tertiary alicyclic amines) is 1. The molecule has 4 rings (SSSR count). The second-order valence-corrected chi connectivity index (χ2v) is 6.71. The minimum atomic E-state index is 0.426. The molecule has 0 unspecified atom stereocenters. The lowest BCUT2D eigenvalue weighted by Crippen LogP contribution is -2.35. The number of imidazole rings is 2. The summed E-state index contributed by atoms with van der Waals surface area (Å²) in [6.07, 6.45) is 8.88. The Morgan fingerprint density at radius 2 is 2.12 bits per heavy atom. The summed E-state index contributed by atoms with van der Waals surface area (Å²) >= 11 is 0. The number of H-pyrrole nitrogens is 1. The number of fused-ring (bicyclic) bond motifs is 1. The van der Waals surface area contributed by atoms with Crippen molar-refractivity contribution in [2.45, 2.75) is 45.2 Å². The van der Waals surface area contributed by atoms with Crippen molar-refractivity contribution in [2.24, 2.45) is 0 Å². The predicted octanol–water partition coefficient (Wildman–Crippen LogP) is 3.69. The van der Waals surface area contributed by atoms with Crippen LogP contribution in [0.2, 0.25) is 0 Å². The molecule has 5 heteroatoms. The first-order valence-electron chi connectivity index (χ1n) is 8.98. The summed E-state index contributed by atoms with van der Waals surface area (Å²) in [5, 5.41) is 0. The molecule has 1 aromatic carbocycles. The Bertz CT molecular complexity index is 770. The Kier molecular flexibility index (Phi) is 4.34. The van der Waals surface area contributed by atoms with Crippen LogP contribution in [0.25, 0.3) is 11.0 Å². The summed E-state index contributed by atoms with van der Waals surface area (Å²) in [7, 11) is 0. The van der Waals surface area contributed by atoms with Crippen LogP contribution >= 0.6 is 0 Å². The maximum atomic E-state index is 4.85. The molecule has 126 valence electrons. The zero-order valence-electron chi connectivity index (χ0n) is 14.3. The normalized spacial score (nSPS) is 19.1. The Morgan fingerprint density at radius 3 is 2.96 bits per heavy atom. The van der Waals surface area contributed by atoms with Gasteiger partial charge in [0.25, 0.3) is 0 Å². The first-order chi connectivity index (χ1) is 11.8. The van der Waals surface area contributed by atoms with Crippen LogP contribution in [0.3, 0.4) is 0 Å². The van der Waals surface area contributed by atoms with Crippen LogP contribution in [-0.4, -0.2) is 37.5 Å². The number of nitrogens with one attached hydrogen (secondary N) is 1. The third-order valence-corrected chi connectivity index (χ3v) is 5.10. The molecule has 1 atom stereocenters. The molecule has 3 aromatic rings. The van der Waals surface area contributed by atoms with Crippen LogP contribution in [-0.2, 0) is 6.54 Å². The molecule has 2 aromatic heterocycles. The number of para-hydroxylation sites is 2. The van der Waals surface area contributed by atoms with Gasteiger partial charge in [-0.15, -0.1) is 0 Å². The molecule has 0 saturated carbocycles. The highest BCUT2D eigenvalue weighted by atomic mass is 15.2. The maximum absolute atomic E-state index is 4.85. The molecule has 0 amide bonds. The number of hydrogen-bond donors (Lipinski definition) is 1. The van der Waals surface area contributed by atoms with E-state index in [0.29, 0.717) is 6.04 Å². The minimum Gasteiger partial charge on any atom is -0.341 e. The number of nitrogens with zero attached hydrogens (tertiary/aromatic N) is 4. The average molecular weight is 323 g/mol. The molecule has 3 heterocycles. The Balaban J connectivity index is 1.45. The molecule has 0 bridgehead atoms. The van der Waals surface area contributed by atoms with Gasteiger partial charge in [0.1, 0.15) is 11.6 Å². The fourth-order valence-electron chi connectivity index (χ4n) is 3.78. The summed E-state index contributed by atoms with van der Waals surface area (Å²) in [6.45, 7) is 5.39. The number of benzene rings is 1. The second-order valence-electron chi connectivity index (χ2n) is 6.71. The largest absolute Gasteiger partial charge is 0.341 e. The molecule has 0 radical (unpaired) electrons. The zero-order chi connectivity index (χ0) is 16.4. The second kappa shape index (κ2) is 6.77.